The molecule has 0 radical (unpaired) electrons. The Balaban J connectivity index is 0.000000225. The van der Waals surface area contributed by atoms with Gasteiger partial charge in [-0.05, 0) is 225 Å². The highest BCUT2D eigenvalue weighted by Gasteiger charge is 2.31. The average Bonchev–Trinajstić information content (AvgIpc) is 0.781. The lowest BCUT2D eigenvalue weighted by molar-refractivity contribution is 0.289. The van der Waals surface area contributed by atoms with E-state index in [-0.39, 0.29) is 66.3 Å². The van der Waals surface area contributed by atoms with Crippen molar-refractivity contribution < 1.29 is 37.0 Å². The average molecular weight is 1560 g/mol. The molecular weight excluding hydrogens is 1440 g/mol. The first kappa shape index (κ1) is 85.1. The molecule has 12 rings (SSSR count). The molecule has 0 saturated carbocycles. The highest BCUT2D eigenvalue weighted by atomic mass is 31.2. The molecule has 2 N–H and O–H groups in total. The maximum Gasteiger partial charge on any atom is 0.584 e. The van der Waals surface area contributed by atoms with E-state index in [2.05, 4.69) is 336 Å². The van der Waals surface area contributed by atoms with E-state index in [9.17, 15) is 18.9 Å². The molecule has 0 spiro atoms. The highest BCUT2D eigenvalue weighted by molar-refractivity contribution is 7.48. The molecule has 0 heterocycles. The summed E-state index contributed by atoms with van der Waals surface area (Å²) in [5.41, 5.74) is 28.6. The van der Waals surface area contributed by atoms with Gasteiger partial charge in [-0.25, -0.2) is 9.13 Å². The minimum absolute atomic E-state index is 0.00483. The van der Waals surface area contributed by atoms with Gasteiger partial charge in [-0.15, -0.1) is 0 Å². The molecule has 0 aliphatic heterocycles. The molecule has 0 saturated heterocycles. The first-order valence-corrected chi connectivity index (χ1v) is 42.8. The van der Waals surface area contributed by atoms with Gasteiger partial charge >= 0.3 is 15.6 Å². The number of hydrogen-bond acceptors (Lipinski definition) is 6. The highest BCUT2D eigenvalue weighted by Crippen LogP contribution is 2.49. The smallest absolute Gasteiger partial charge is 0.395 e. The SMILES string of the molecule is CC(C)(C)c1ccc(-c2ccc(-c3ccc(OP(=O)(O)Oc4ccc(-c5ccc(-c6ccc(C(C)(C)C)cc6C(C)(C)C)cc5)cc4)cc3)cc2)c(C(C)(C)C)c1.CC(C)(C)c1ccc(-c2ccc(-c3ccc(OP(=O)(O)Oc4ccc(-c5ccc(-c6ccc(C(C)(C)C)cc6C(C)(C)C)cc5)cc4)cc3)cc2)c(C(C)(C)C)c1. The Morgan fingerprint density at radius 1 is 0.184 bits per heavy atom. The summed E-state index contributed by atoms with van der Waals surface area (Å²) in [7, 11) is -8.91. The molecule has 114 heavy (non-hydrogen) atoms. The molecule has 0 aromatic heterocycles. The van der Waals surface area contributed by atoms with Gasteiger partial charge in [0.2, 0.25) is 0 Å². The molecular formula is C104H118O8P2. The molecule has 0 aliphatic carbocycles. The molecule has 0 amide bonds. The first-order chi connectivity index (χ1) is 53.0. The van der Waals surface area contributed by atoms with Crippen molar-refractivity contribution in [2.24, 2.45) is 0 Å². The van der Waals surface area contributed by atoms with Crippen LogP contribution in [0.4, 0.5) is 0 Å². The molecule has 0 aliphatic rings. The third-order valence-electron chi connectivity index (χ3n) is 21.2. The topological polar surface area (TPSA) is 112 Å². The van der Waals surface area contributed by atoms with Crippen LogP contribution < -0.4 is 18.1 Å². The maximum atomic E-state index is 13.1. The predicted octanol–water partition coefficient (Wildman–Crippen LogP) is 30.2. The van der Waals surface area contributed by atoms with Crippen LogP contribution >= 0.6 is 15.6 Å². The lowest BCUT2D eigenvalue weighted by Crippen LogP contribution is -2.17. The zero-order chi connectivity index (χ0) is 83.1. The molecule has 0 fully saturated rings. The molecule has 12 aromatic carbocycles. The van der Waals surface area contributed by atoms with Crippen molar-refractivity contribution in [2.75, 3.05) is 0 Å². The summed E-state index contributed by atoms with van der Waals surface area (Å²) in [5, 5.41) is 0. The number of phosphoric acid groups is 2. The van der Waals surface area contributed by atoms with Gasteiger partial charge in [0.25, 0.3) is 0 Å². The third kappa shape index (κ3) is 21.2. The van der Waals surface area contributed by atoms with E-state index in [4.69, 9.17) is 18.1 Å². The second-order valence-electron chi connectivity index (χ2n) is 38.8. The largest absolute Gasteiger partial charge is 0.584 e. The number of rotatable bonds is 16. The molecule has 10 heteroatoms. The Bertz CT molecular complexity index is 4760. The summed E-state index contributed by atoms with van der Waals surface area (Å²) >= 11 is 0. The Hall–Kier alpha value is -9.78. The second kappa shape index (κ2) is 32.5. The summed E-state index contributed by atoms with van der Waals surface area (Å²) in [6.07, 6.45) is 0. The van der Waals surface area contributed by atoms with Crippen LogP contribution in [0.15, 0.2) is 267 Å². The molecule has 8 nitrogen and oxygen atoms in total. The number of hydrogen-bond donors (Lipinski definition) is 2. The molecule has 592 valence electrons. The van der Waals surface area contributed by atoms with Gasteiger partial charge in [0.05, 0.1) is 0 Å². The van der Waals surface area contributed by atoms with Crippen molar-refractivity contribution in [3.8, 4) is 112 Å². The van der Waals surface area contributed by atoms with Crippen LogP contribution in [0, 0.1) is 0 Å². The van der Waals surface area contributed by atoms with Crippen molar-refractivity contribution in [3.05, 3.63) is 311 Å². The van der Waals surface area contributed by atoms with Crippen LogP contribution in [0.1, 0.15) is 211 Å². The quantitative estimate of drug-likeness (QED) is 0.0921. The Labute approximate surface area is 681 Å². The summed E-state index contributed by atoms with van der Waals surface area (Å²) in [6.45, 7) is 54.2. The summed E-state index contributed by atoms with van der Waals surface area (Å²) < 4.78 is 48.0. The molecule has 0 unspecified atom stereocenters. The van der Waals surface area contributed by atoms with Gasteiger partial charge in [-0.2, -0.15) is 0 Å². The van der Waals surface area contributed by atoms with E-state index in [0.717, 1.165) is 44.5 Å². The van der Waals surface area contributed by atoms with Crippen LogP contribution in [0.2, 0.25) is 0 Å². The van der Waals surface area contributed by atoms with Gasteiger partial charge in [0.15, 0.2) is 0 Å². The van der Waals surface area contributed by atoms with E-state index >= 15 is 0 Å². The predicted molar refractivity (Wildman–Crippen MR) is 481 cm³/mol. The standard InChI is InChI=1S/2C52H59O4P/c2*1-49(2,3)41-25-31-45(47(33-41)51(7,8)9)39-17-13-35(14-18-39)37-21-27-43(28-22-37)55-57(53,54)56-44-29-23-38(24-30-44)36-15-19-40(20-16-36)46-32-26-42(50(4,5)6)34-48(46)52(10,11)12/h2*13-34H,1-12H3,(H,53,54). The van der Waals surface area contributed by atoms with Gasteiger partial charge in [0, 0.05) is 0 Å². The zero-order valence-corrected chi connectivity index (χ0v) is 73.4. The second-order valence-corrected chi connectivity index (χ2v) is 41.4. The van der Waals surface area contributed by atoms with Crippen molar-refractivity contribution >= 4 is 15.6 Å². The van der Waals surface area contributed by atoms with Gasteiger partial charge in [0.1, 0.15) is 23.0 Å². The van der Waals surface area contributed by atoms with E-state index in [1.807, 2.05) is 48.5 Å². The number of benzene rings is 12. The summed E-state index contributed by atoms with van der Waals surface area (Å²) in [4.78, 5) is 21.3. The van der Waals surface area contributed by atoms with Crippen molar-refractivity contribution in [3.63, 3.8) is 0 Å². The molecule has 0 bridgehead atoms. The molecule has 0 atom stereocenters. The fourth-order valence-electron chi connectivity index (χ4n) is 14.3. The monoisotopic (exact) mass is 1560 g/mol. The van der Waals surface area contributed by atoms with Gasteiger partial charge < -0.3 is 18.1 Å². The van der Waals surface area contributed by atoms with E-state index in [0.29, 0.717) is 0 Å². The fraction of sp³-hybridized carbons (Fsp3) is 0.308. The van der Waals surface area contributed by atoms with Crippen LogP contribution in [-0.2, 0) is 52.5 Å². The van der Waals surface area contributed by atoms with Gasteiger partial charge in [-0.3, -0.25) is 9.79 Å². The van der Waals surface area contributed by atoms with Gasteiger partial charge in [-0.1, -0.05) is 385 Å². The minimum atomic E-state index is -4.46. The normalized spacial score (nSPS) is 12.7. The Morgan fingerprint density at radius 2 is 0.316 bits per heavy atom. The summed E-state index contributed by atoms with van der Waals surface area (Å²) in [6, 6.07) is 90.1. The Morgan fingerprint density at radius 3 is 0.447 bits per heavy atom. The first-order valence-electron chi connectivity index (χ1n) is 39.8. The van der Waals surface area contributed by atoms with Crippen LogP contribution in [0.25, 0.3) is 89.0 Å². The van der Waals surface area contributed by atoms with Crippen molar-refractivity contribution in [1.82, 2.24) is 0 Å². The van der Waals surface area contributed by atoms with Crippen molar-refractivity contribution in [1.29, 1.82) is 0 Å². The molecule has 12 aromatic rings. The van der Waals surface area contributed by atoms with Crippen LogP contribution in [0.5, 0.6) is 23.0 Å². The van der Waals surface area contributed by atoms with E-state index in [1.165, 1.54) is 89.0 Å². The van der Waals surface area contributed by atoms with Crippen LogP contribution in [0.3, 0.4) is 0 Å². The van der Waals surface area contributed by atoms with Crippen molar-refractivity contribution in [2.45, 2.75) is 209 Å². The van der Waals surface area contributed by atoms with E-state index < -0.39 is 15.6 Å². The zero-order valence-electron chi connectivity index (χ0n) is 71.6. The third-order valence-corrected chi connectivity index (χ3v) is 23.0. The fourth-order valence-corrected chi connectivity index (χ4v) is 15.9. The summed E-state index contributed by atoms with van der Waals surface area (Å²) in [5.74, 6) is 0.979. The lowest BCUT2D eigenvalue weighted by atomic mass is 9.77. The maximum absolute atomic E-state index is 13.1. The Kier molecular flexibility index (Phi) is 24.3. The lowest BCUT2D eigenvalue weighted by Gasteiger charge is -2.27. The minimum Gasteiger partial charge on any atom is -0.395 e. The van der Waals surface area contributed by atoms with Crippen LogP contribution in [-0.4, -0.2) is 9.79 Å². The van der Waals surface area contributed by atoms with E-state index in [1.54, 1.807) is 48.5 Å². The number of phosphoric ester groups is 2.